The molecule has 0 unspecified atom stereocenters. The first kappa shape index (κ1) is 19.9. The van der Waals surface area contributed by atoms with Crippen LogP contribution in [0.2, 0.25) is 0 Å². The van der Waals surface area contributed by atoms with Gasteiger partial charge in [0.2, 0.25) is 0 Å². The topological polar surface area (TPSA) is 67.5 Å². The molecule has 0 heterocycles. The Morgan fingerprint density at radius 1 is 1.07 bits per heavy atom. The summed E-state index contributed by atoms with van der Waals surface area (Å²) in [6.45, 7) is 2.08. The molecule has 5 nitrogen and oxygen atoms in total. The number of halogens is 1. The highest BCUT2D eigenvalue weighted by atomic mass is 19.1. The second-order valence-electron chi connectivity index (χ2n) is 6.32. The third-order valence-electron chi connectivity index (χ3n) is 4.36. The van der Waals surface area contributed by atoms with Gasteiger partial charge in [0.05, 0.1) is 10.6 Å². The molecule has 1 N–H and O–H groups in total. The Balaban J connectivity index is 1.94. The Morgan fingerprint density at radius 2 is 1.76 bits per heavy atom. The van der Waals surface area contributed by atoms with Crippen LogP contribution in [-0.2, 0) is 6.42 Å². The number of hydrogen-bond acceptors (Lipinski definition) is 4. The molecule has 0 saturated carbocycles. The van der Waals surface area contributed by atoms with Crippen molar-refractivity contribution in [2.24, 2.45) is 5.10 Å². The van der Waals surface area contributed by atoms with Gasteiger partial charge in [0.1, 0.15) is 11.5 Å². The SMILES string of the molecule is CCc1ccc(C(/C=C/c2ccc(F)cc2)=N/Nc2ccccc2[N+](=O)[O-])cc1. The van der Waals surface area contributed by atoms with Crippen LogP contribution in [0.1, 0.15) is 23.6 Å². The molecule has 0 saturated heterocycles. The van der Waals surface area contributed by atoms with E-state index in [9.17, 15) is 14.5 Å². The van der Waals surface area contributed by atoms with Gasteiger partial charge in [-0.15, -0.1) is 0 Å². The lowest BCUT2D eigenvalue weighted by molar-refractivity contribution is -0.384. The van der Waals surface area contributed by atoms with Gasteiger partial charge in [-0.05, 0) is 41.8 Å². The largest absolute Gasteiger partial charge is 0.294 e. The minimum absolute atomic E-state index is 0.0561. The number of anilines is 1. The summed E-state index contributed by atoms with van der Waals surface area (Å²) in [6, 6.07) is 20.4. The fourth-order valence-corrected chi connectivity index (χ4v) is 2.71. The van der Waals surface area contributed by atoms with Gasteiger partial charge in [-0.25, -0.2) is 4.39 Å². The number of nitro benzene ring substituents is 1. The van der Waals surface area contributed by atoms with Crippen molar-refractivity contribution in [1.82, 2.24) is 0 Å². The molecule has 0 radical (unpaired) electrons. The minimum Gasteiger partial charge on any atom is -0.271 e. The van der Waals surface area contributed by atoms with Gasteiger partial charge in [0, 0.05) is 11.6 Å². The van der Waals surface area contributed by atoms with E-state index in [1.165, 1.54) is 23.8 Å². The molecule has 0 fully saturated rings. The smallest absolute Gasteiger partial charge is 0.271 e. The molecule has 29 heavy (non-hydrogen) atoms. The predicted molar refractivity (Wildman–Crippen MR) is 115 cm³/mol. The van der Waals surface area contributed by atoms with E-state index in [0.717, 1.165) is 17.5 Å². The molecule has 0 amide bonds. The van der Waals surface area contributed by atoms with Crippen LogP contribution in [0.4, 0.5) is 15.8 Å². The predicted octanol–water partition coefficient (Wildman–Crippen LogP) is 5.83. The second kappa shape index (κ2) is 9.41. The Morgan fingerprint density at radius 3 is 2.41 bits per heavy atom. The van der Waals surface area contributed by atoms with Crippen molar-refractivity contribution < 1.29 is 9.31 Å². The number of nitrogens with one attached hydrogen (secondary N) is 1. The number of allylic oxidation sites excluding steroid dienone is 1. The van der Waals surface area contributed by atoms with Crippen LogP contribution in [0, 0.1) is 15.9 Å². The standard InChI is InChI=1S/C23H20FN3O2/c1-2-17-7-12-19(13-8-17)21(16-11-18-9-14-20(24)15-10-18)25-26-22-5-3-4-6-23(22)27(28)29/h3-16,26H,2H2,1H3/b16-11+,25-21+. The summed E-state index contributed by atoms with van der Waals surface area (Å²) in [5, 5.41) is 15.6. The third-order valence-corrected chi connectivity index (χ3v) is 4.36. The number of aryl methyl sites for hydroxylation is 1. The molecule has 146 valence electrons. The van der Waals surface area contributed by atoms with E-state index < -0.39 is 4.92 Å². The van der Waals surface area contributed by atoms with E-state index in [0.29, 0.717) is 11.4 Å². The molecule has 6 heteroatoms. The first-order valence-corrected chi connectivity index (χ1v) is 9.17. The van der Waals surface area contributed by atoms with Crippen LogP contribution < -0.4 is 5.43 Å². The van der Waals surface area contributed by atoms with Crippen LogP contribution in [0.3, 0.4) is 0 Å². The molecule has 3 aromatic rings. The van der Waals surface area contributed by atoms with Gasteiger partial charge in [0.15, 0.2) is 0 Å². The van der Waals surface area contributed by atoms with Crippen molar-refractivity contribution in [3.05, 3.63) is 111 Å². The molecule has 0 bridgehead atoms. The monoisotopic (exact) mass is 389 g/mol. The van der Waals surface area contributed by atoms with Crippen molar-refractivity contribution in [3.63, 3.8) is 0 Å². The number of nitrogens with zero attached hydrogens (tertiary/aromatic N) is 2. The zero-order valence-corrected chi connectivity index (χ0v) is 15.9. The van der Waals surface area contributed by atoms with Gasteiger partial charge in [0.25, 0.3) is 5.69 Å². The van der Waals surface area contributed by atoms with Gasteiger partial charge >= 0.3 is 0 Å². The maximum atomic E-state index is 13.1. The van der Waals surface area contributed by atoms with Crippen LogP contribution >= 0.6 is 0 Å². The summed E-state index contributed by atoms with van der Waals surface area (Å²) in [7, 11) is 0. The highest BCUT2D eigenvalue weighted by Crippen LogP contribution is 2.23. The maximum absolute atomic E-state index is 13.1. The lowest BCUT2D eigenvalue weighted by Gasteiger charge is -2.06. The van der Waals surface area contributed by atoms with Crippen LogP contribution in [0.5, 0.6) is 0 Å². The van der Waals surface area contributed by atoms with Crippen molar-refractivity contribution in [3.8, 4) is 0 Å². The molecule has 0 aliphatic carbocycles. The highest BCUT2D eigenvalue weighted by molar-refractivity contribution is 6.11. The van der Waals surface area contributed by atoms with Gasteiger partial charge in [-0.3, -0.25) is 15.5 Å². The first-order chi connectivity index (χ1) is 14.1. The summed E-state index contributed by atoms with van der Waals surface area (Å²) in [5.41, 5.74) is 6.50. The summed E-state index contributed by atoms with van der Waals surface area (Å²) < 4.78 is 13.1. The van der Waals surface area contributed by atoms with Crippen LogP contribution in [0.25, 0.3) is 6.08 Å². The van der Waals surface area contributed by atoms with Crippen molar-refractivity contribution in [2.75, 3.05) is 5.43 Å². The lowest BCUT2D eigenvalue weighted by Crippen LogP contribution is -2.03. The highest BCUT2D eigenvalue weighted by Gasteiger charge is 2.11. The Hall–Kier alpha value is -3.80. The number of nitro groups is 1. The van der Waals surface area contributed by atoms with E-state index in [4.69, 9.17) is 0 Å². The van der Waals surface area contributed by atoms with E-state index in [1.807, 2.05) is 30.3 Å². The third kappa shape index (κ3) is 5.35. The molecule has 0 aromatic heterocycles. The Bertz CT molecular complexity index is 1040. The lowest BCUT2D eigenvalue weighted by atomic mass is 10.1. The molecule has 3 aromatic carbocycles. The summed E-state index contributed by atoms with van der Waals surface area (Å²) in [5.74, 6) is -0.302. The molecule has 0 atom stereocenters. The van der Waals surface area contributed by atoms with E-state index >= 15 is 0 Å². The molecule has 0 spiro atoms. The maximum Gasteiger partial charge on any atom is 0.294 e. The average Bonchev–Trinajstić information content (AvgIpc) is 2.75. The fraction of sp³-hybridized carbons (Fsp3) is 0.0870. The second-order valence-corrected chi connectivity index (χ2v) is 6.32. The number of rotatable bonds is 7. The number of benzene rings is 3. The normalized spacial score (nSPS) is 11.6. The Labute approximate surface area is 168 Å². The number of para-hydroxylation sites is 2. The van der Waals surface area contributed by atoms with Gasteiger partial charge < -0.3 is 0 Å². The number of hydrazone groups is 1. The summed E-state index contributed by atoms with van der Waals surface area (Å²) in [6.07, 6.45) is 4.52. The van der Waals surface area contributed by atoms with E-state index in [-0.39, 0.29) is 11.5 Å². The summed E-state index contributed by atoms with van der Waals surface area (Å²) >= 11 is 0. The summed E-state index contributed by atoms with van der Waals surface area (Å²) in [4.78, 5) is 10.8. The number of hydrogen-bond donors (Lipinski definition) is 1. The quantitative estimate of drug-likeness (QED) is 0.314. The first-order valence-electron chi connectivity index (χ1n) is 9.17. The van der Waals surface area contributed by atoms with Crippen molar-refractivity contribution >= 4 is 23.2 Å². The average molecular weight is 389 g/mol. The van der Waals surface area contributed by atoms with Gasteiger partial charge in [-0.1, -0.05) is 61.5 Å². The molecule has 0 aliphatic heterocycles. The molecule has 3 rings (SSSR count). The van der Waals surface area contributed by atoms with Crippen molar-refractivity contribution in [1.29, 1.82) is 0 Å². The van der Waals surface area contributed by atoms with Crippen LogP contribution in [0.15, 0.2) is 84.0 Å². The Kier molecular flexibility index (Phi) is 6.47. The van der Waals surface area contributed by atoms with Crippen molar-refractivity contribution in [2.45, 2.75) is 13.3 Å². The molecule has 0 aliphatic rings. The van der Waals surface area contributed by atoms with Gasteiger partial charge in [-0.2, -0.15) is 5.10 Å². The molecular weight excluding hydrogens is 369 g/mol. The zero-order chi connectivity index (χ0) is 20.6. The van der Waals surface area contributed by atoms with Crippen LogP contribution in [-0.4, -0.2) is 10.6 Å². The van der Waals surface area contributed by atoms with E-state index in [1.54, 1.807) is 36.4 Å². The zero-order valence-electron chi connectivity index (χ0n) is 15.9. The van der Waals surface area contributed by atoms with E-state index in [2.05, 4.69) is 17.5 Å². The minimum atomic E-state index is -0.456. The fourth-order valence-electron chi connectivity index (χ4n) is 2.71. The molecular formula is C23H20FN3O2.